The van der Waals surface area contributed by atoms with Crippen LogP contribution in [0.4, 0.5) is 4.79 Å². The summed E-state index contributed by atoms with van der Waals surface area (Å²) in [6, 6.07) is 0.0720. The Hall–Kier alpha value is -0.990. The van der Waals surface area contributed by atoms with Gasteiger partial charge in [-0.05, 0) is 24.7 Å². The number of ether oxygens (including phenoxy) is 1. The number of carbonyl (C=O) groups excluding carboxylic acids is 1. The van der Waals surface area contributed by atoms with Gasteiger partial charge in [0.05, 0.1) is 13.2 Å². The summed E-state index contributed by atoms with van der Waals surface area (Å²) in [5.41, 5.74) is 1.11. The molecule has 17 heavy (non-hydrogen) atoms. The summed E-state index contributed by atoms with van der Waals surface area (Å²) >= 11 is 0. The average molecular weight is 239 g/mol. The predicted molar refractivity (Wildman–Crippen MR) is 69.9 cm³/mol. The van der Waals surface area contributed by atoms with E-state index in [4.69, 9.17) is 4.74 Å². The molecular formula is C14H25NO2. The van der Waals surface area contributed by atoms with Crippen molar-refractivity contribution in [1.29, 1.82) is 0 Å². The molecule has 1 atom stereocenters. The first-order valence-corrected chi connectivity index (χ1v) is 6.59. The molecular weight excluding hydrogens is 214 g/mol. The second kappa shape index (κ2) is 6.67. The molecule has 1 N–H and O–H groups in total. The SMILES string of the molecule is C=C(C(C)C)C(NC(=O)OC)C1CCCCC1. The predicted octanol–water partition coefficient (Wildman–Crippen LogP) is 3.50. The second-order valence-corrected chi connectivity index (χ2v) is 5.24. The van der Waals surface area contributed by atoms with Gasteiger partial charge in [0, 0.05) is 0 Å². The Morgan fingerprint density at radius 2 is 1.88 bits per heavy atom. The van der Waals surface area contributed by atoms with Crippen molar-refractivity contribution >= 4 is 6.09 Å². The van der Waals surface area contributed by atoms with Crippen molar-refractivity contribution in [3.05, 3.63) is 12.2 Å². The molecule has 0 bridgehead atoms. The van der Waals surface area contributed by atoms with Gasteiger partial charge in [-0.1, -0.05) is 45.3 Å². The molecule has 0 heterocycles. The van der Waals surface area contributed by atoms with E-state index in [1.807, 2.05) is 0 Å². The minimum Gasteiger partial charge on any atom is -0.453 e. The second-order valence-electron chi connectivity index (χ2n) is 5.24. The molecule has 1 rings (SSSR count). The molecule has 0 spiro atoms. The lowest BCUT2D eigenvalue weighted by atomic mass is 9.79. The van der Waals surface area contributed by atoms with Gasteiger partial charge in [-0.25, -0.2) is 4.79 Å². The van der Waals surface area contributed by atoms with Crippen LogP contribution in [0.25, 0.3) is 0 Å². The summed E-state index contributed by atoms with van der Waals surface area (Å²) in [6.07, 6.45) is 5.85. The zero-order valence-electron chi connectivity index (χ0n) is 11.3. The smallest absolute Gasteiger partial charge is 0.407 e. The Kier molecular flexibility index (Phi) is 5.52. The van der Waals surface area contributed by atoms with Gasteiger partial charge < -0.3 is 10.1 Å². The van der Waals surface area contributed by atoms with Crippen LogP contribution in [0.3, 0.4) is 0 Å². The van der Waals surface area contributed by atoms with Crippen LogP contribution in [-0.2, 0) is 4.74 Å². The summed E-state index contributed by atoms with van der Waals surface area (Å²) in [6.45, 7) is 8.39. The molecule has 0 aromatic carbocycles. The van der Waals surface area contributed by atoms with E-state index in [0.29, 0.717) is 11.8 Å². The molecule has 3 heteroatoms. The third-order valence-electron chi connectivity index (χ3n) is 3.72. The standard InChI is InChI=1S/C14H25NO2/c1-10(2)11(3)13(15-14(16)17-4)12-8-6-5-7-9-12/h10,12-13H,3,5-9H2,1-2,4H3,(H,15,16). The normalized spacial score (nSPS) is 18.8. The van der Waals surface area contributed by atoms with Crippen LogP contribution in [0.2, 0.25) is 0 Å². The lowest BCUT2D eigenvalue weighted by Gasteiger charge is -2.33. The van der Waals surface area contributed by atoms with Crippen LogP contribution >= 0.6 is 0 Å². The van der Waals surface area contributed by atoms with Crippen LogP contribution in [0.15, 0.2) is 12.2 Å². The summed E-state index contributed by atoms with van der Waals surface area (Å²) in [5.74, 6) is 0.914. The van der Waals surface area contributed by atoms with E-state index in [2.05, 4.69) is 25.7 Å². The molecule has 0 aromatic heterocycles. The fraction of sp³-hybridized carbons (Fsp3) is 0.786. The van der Waals surface area contributed by atoms with Gasteiger partial charge in [0.25, 0.3) is 0 Å². The van der Waals surface area contributed by atoms with Gasteiger partial charge in [-0.15, -0.1) is 0 Å². The lowest BCUT2D eigenvalue weighted by molar-refractivity contribution is 0.160. The Balaban J connectivity index is 2.69. The molecule has 1 saturated carbocycles. The van der Waals surface area contributed by atoms with Crippen molar-refractivity contribution in [3.8, 4) is 0 Å². The van der Waals surface area contributed by atoms with E-state index in [-0.39, 0.29) is 12.1 Å². The van der Waals surface area contributed by atoms with Crippen LogP contribution in [0.5, 0.6) is 0 Å². The third-order valence-corrected chi connectivity index (χ3v) is 3.72. The maximum atomic E-state index is 11.4. The highest BCUT2D eigenvalue weighted by Crippen LogP contribution is 2.31. The average Bonchev–Trinajstić information content (AvgIpc) is 2.35. The Morgan fingerprint density at radius 3 is 2.35 bits per heavy atom. The van der Waals surface area contributed by atoms with Gasteiger partial charge in [-0.2, -0.15) is 0 Å². The van der Waals surface area contributed by atoms with Crippen LogP contribution in [-0.4, -0.2) is 19.2 Å². The first-order chi connectivity index (χ1) is 8.06. The highest BCUT2D eigenvalue weighted by Gasteiger charge is 2.28. The van der Waals surface area contributed by atoms with Crippen molar-refractivity contribution < 1.29 is 9.53 Å². The van der Waals surface area contributed by atoms with Crippen molar-refractivity contribution in [1.82, 2.24) is 5.32 Å². The van der Waals surface area contributed by atoms with Crippen molar-refractivity contribution in [2.24, 2.45) is 11.8 Å². The largest absolute Gasteiger partial charge is 0.453 e. The molecule has 1 aliphatic carbocycles. The highest BCUT2D eigenvalue weighted by atomic mass is 16.5. The van der Waals surface area contributed by atoms with Crippen LogP contribution < -0.4 is 5.32 Å². The van der Waals surface area contributed by atoms with Gasteiger partial charge >= 0.3 is 6.09 Å². The zero-order valence-corrected chi connectivity index (χ0v) is 11.3. The third kappa shape index (κ3) is 4.06. The number of hydrogen-bond acceptors (Lipinski definition) is 2. The molecule has 0 radical (unpaired) electrons. The minimum atomic E-state index is -0.345. The molecule has 0 aromatic rings. The molecule has 1 amide bonds. The number of alkyl carbamates (subject to hydrolysis) is 1. The van der Waals surface area contributed by atoms with Crippen LogP contribution in [0, 0.1) is 11.8 Å². The Bertz CT molecular complexity index is 267. The number of hydrogen-bond donors (Lipinski definition) is 1. The molecule has 1 aliphatic rings. The van der Waals surface area contributed by atoms with Crippen molar-refractivity contribution in [3.63, 3.8) is 0 Å². The van der Waals surface area contributed by atoms with Crippen molar-refractivity contribution in [2.75, 3.05) is 7.11 Å². The number of rotatable bonds is 4. The van der Waals surface area contributed by atoms with E-state index in [9.17, 15) is 4.79 Å². The summed E-state index contributed by atoms with van der Waals surface area (Å²) in [5, 5.41) is 2.96. The first kappa shape index (κ1) is 14.1. The fourth-order valence-corrected chi connectivity index (χ4v) is 2.53. The molecule has 1 fully saturated rings. The van der Waals surface area contributed by atoms with Gasteiger partial charge in [0.15, 0.2) is 0 Å². The monoisotopic (exact) mass is 239 g/mol. The van der Waals surface area contributed by atoms with Gasteiger partial charge in [0.1, 0.15) is 0 Å². The van der Waals surface area contributed by atoms with E-state index in [0.717, 1.165) is 5.57 Å². The summed E-state index contributed by atoms with van der Waals surface area (Å²) in [4.78, 5) is 11.4. The van der Waals surface area contributed by atoms with E-state index in [1.165, 1.54) is 39.2 Å². The van der Waals surface area contributed by atoms with Gasteiger partial charge in [0.2, 0.25) is 0 Å². The quantitative estimate of drug-likeness (QED) is 0.762. The molecule has 3 nitrogen and oxygen atoms in total. The number of nitrogens with one attached hydrogen (secondary N) is 1. The lowest BCUT2D eigenvalue weighted by Crippen LogP contribution is -2.43. The van der Waals surface area contributed by atoms with E-state index >= 15 is 0 Å². The maximum Gasteiger partial charge on any atom is 0.407 e. The first-order valence-electron chi connectivity index (χ1n) is 6.59. The van der Waals surface area contributed by atoms with E-state index < -0.39 is 0 Å². The highest BCUT2D eigenvalue weighted by molar-refractivity contribution is 5.68. The Morgan fingerprint density at radius 1 is 1.29 bits per heavy atom. The number of carbonyl (C=O) groups is 1. The van der Waals surface area contributed by atoms with Gasteiger partial charge in [-0.3, -0.25) is 0 Å². The summed E-state index contributed by atoms with van der Waals surface area (Å²) in [7, 11) is 1.41. The molecule has 1 unspecified atom stereocenters. The van der Waals surface area contributed by atoms with Crippen molar-refractivity contribution in [2.45, 2.75) is 52.0 Å². The minimum absolute atomic E-state index is 0.0720. The summed E-state index contributed by atoms with van der Waals surface area (Å²) < 4.78 is 4.71. The molecule has 0 saturated heterocycles. The van der Waals surface area contributed by atoms with E-state index in [1.54, 1.807) is 0 Å². The number of amides is 1. The maximum absolute atomic E-state index is 11.4. The Labute approximate surface area is 105 Å². The fourth-order valence-electron chi connectivity index (χ4n) is 2.53. The molecule has 0 aliphatic heterocycles. The molecule has 98 valence electrons. The number of methoxy groups -OCH3 is 1. The zero-order chi connectivity index (χ0) is 12.8. The van der Waals surface area contributed by atoms with Crippen LogP contribution in [0.1, 0.15) is 46.0 Å². The topological polar surface area (TPSA) is 38.3 Å².